The number of aromatic nitrogens is 4. The summed E-state index contributed by atoms with van der Waals surface area (Å²) in [6, 6.07) is 0.687. The molecule has 1 saturated heterocycles. The van der Waals surface area contributed by atoms with Gasteiger partial charge in [-0.2, -0.15) is 5.10 Å². The number of hydrogen-bond donors (Lipinski definition) is 0. The minimum absolute atomic E-state index is 0.687. The largest absolute Gasteiger partial charge is 0.353 e. The van der Waals surface area contributed by atoms with Crippen molar-refractivity contribution >= 4 is 16.9 Å². The lowest BCUT2D eigenvalue weighted by Crippen LogP contribution is -2.35. The van der Waals surface area contributed by atoms with Crippen LogP contribution in [0.3, 0.4) is 0 Å². The lowest BCUT2D eigenvalue weighted by molar-refractivity contribution is 0.341. The van der Waals surface area contributed by atoms with Crippen LogP contribution in [0.1, 0.15) is 32.1 Å². The van der Waals surface area contributed by atoms with Gasteiger partial charge in [-0.15, -0.1) is 0 Å². The van der Waals surface area contributed by atoms with Gasteiger partial charge in [0.25, 0.3) is 0 Å². The monoisotopic (exact) mass is 257 g/mol. The number of hydrogen-bond acceptors (Lipinski definition) is 4. The smallest absolute Gasteiger partial charge is 0.163 e. The van der Waals surface area contributed by atoms with Gasteiger partial charge in [-0.25, -0.2) is 9.97 Å². The Morgan fingerprint density at radius 1 is 1.16 bits per heavy atom. The third-order valence-corrected chi connectivity index (χ3v) is 4.79. The highest BCUT2D eigenvalue weighted by atomic mass is 15.3. The van der Waals surface area contributed by atoms with Crippen molar-refractivity contribution in [3.05, 3.63) is 12.5 Å². The molecular weight excluding hydrogens is 238 g/mol. The van der Waals surface area contributed by atoms with Crippen LogP contribution in [0.5, 0.6) is 0 Å². The Kier molecular flexibility index (Phi) is 2.47. The molecule has 2 fully saturated rings. The average molecular weight is 257 g/mol. The van der Waals surface area contributed by atoms with Crippen molar-refractivity contribution < 1.29 is 0 Å². The Hall–Kier alpha value is -1.65. The third-order valence-electron chi connectivity index (χ3n) is 4.79. The normalized spacial score (nSPS) is 26.9. The van der Waals surface area contributed by atoms with Crippen molar-refractivity contribution in [1.82, 2.24) is 19.7 Å². The molecule has 0 spiro atoms. The van der Waals surface area contributed by atoms with Crippen LogP contribution >= 0.6 is 0 Å². The fourth-order valence-electron chi connectivity index (χ4n) is 3.85. The standard InChI is InChI=1S/C14H19N5/c1-18-13-11(8-17-18)14(16-9-15-13)19-7-6-10-4-2-3-5-12(10)19/h8-10,12H,2-7H2,1H3/t10-,12+/m1/s1. The summed E-state index contributed by atoms with van der Waals surface area (Å²) in [4.78, 5) is 11.4. The molecule has 2 aromatic heterocycles. The quantitative estimate of drug-likeness (QED) is 0.785. The van der Waals surface area contributed by atoms with E-state index in [0.717, 1.165) is 29.3 Å². The molecule has 5 nitrogen and oxygen atoms in total. The molecule has 1 saturated carbocycles. The van der Waals surface area contributed by atoms with Gasteiger partial charge in [0.2, 0.25) is 0 Å². The van der Waals surface area contributed by atoms with Crippen molar-refractivity contribution in [2.45, 2.75) is 38.1 Å². The predicted octanol–water partition coefficient (Wildman–Crippen LogP) is 2.13. The fraction of sp³-hybridized carbons (Fsp3) is 0.643. The van der Waals surface area contributed by atoms with Crippen LogP contribution in [0.15, 0.2) is 12.5 Å². The van der Waals surface area contributed by atoms with Gasteiger partial charge < -0.3 is 4.90 Å². The third kappa shape index (κ3) is 1.64. The topological polar surface area (TPSA) is 46.8 Å². The van der Waals surface area contributed by atoms with Crippen molar-refractivity contribution in [2.75, 3.05) is 11.4 Å². The first-order valence-electron chi connectivity index (χ1n) is 7.24. The summed E-state index contributed by atoms with van der Waals surface area (Å²) >= 11 is 0. The number of aryl methyl sites for hydroxylation is 1. The summed E-state index contributed by atoms with van der Waals surface area (Å²) < 4.78 is 1.83. The van der Waals surface area contributed by atoms with Gasteiger partial charge in [-0.05, 0) is 25.2 Å². The van der Waals surface area contributed by atoms with Gasteiger partial charge in [0.05, 0.1) is 11.6 Å². The maximum atomic E-state index is 4.55. The molecule has 100 valence electrons. The summed E-state index contributed by atoms with van der Waals surface area (Å²) in [7, 11) is 1.94. The maximum absolute atomic E-state index is 4.55. The highest BCUT2D eigenvalue weighted by Gasteiger charge is 2.37. The Labute approximate surface area is 112 Å². The van der Waals surface area contributed by atoms with Crippen LogP contribution in [-0.4, -0.2) is 32.3 Å². The number of nitrogens with zero attached hydrogens (tertiary/aromatic N) is 5. The molecule has 0 unspecified atom stereocenters. The Morgan fingerprint density at radius 2 is 2.05 bits per heavy atom. The first kappa shape index (κ1) is 11.2. The van der Waals surface area contributed by atoms with Gasteiger partial charge in [-0.1, -0.05) is 12.8 Å². The molecule has 19 heavy (non-hydrogen) atoms. The van der Waals surface area contributed by atoms with Gasteiger partial charge >= 0.3 is 0 Å². The van der Waals surface area contributed by atoms with Crippen LogP contribution in [0.2, 0.25) is 0 Å². The summed E-state index contributed by atoms with van der Waals surface area (Å²) in [6.07, 6.45) is 10.4. The fourth-order valence-corrected chi connectivity index (χ4v) is 3.85. The molecule has 4 rings (SSSR count). The molecule has 1 aliphatic heterocycles. The summed E-state index contributed by atoms with van der Waals surface area (Å²) in [5.41, 5.74) is 0.934. The number of anilines is 1. The van der Waals surface area contributed by atoms with Crippen LogP contribution in [0.25, 0.3) is 11.0 Å². The number of rotatable bonds is 1. The van der Waals surface area contributed by atoms with E-state index in [0.29, 0.717) is 6.04 Å². The van der Waals surface area contributed by atoms with E-state index in [1.54, 1.807) is 6.33 Å². The molecule has 1 aliphatic carbocycles. The molecule has 2 atom stereocenters. The Bertz CT molecular complexity index is 605. The highest BCUT2D eigenvalue weighted by Crippen LogP contribution is 2.39. The Morgan fingerprint density at radius 3 is 3.00 bits per heavy atom. The average Bonchev–Trinajstić information content (AvgIpc) is 3.03. The zero-order valence-corrected chi connectivity index (χ0v) is 11.3. The predicted molar refractivity (Wildman–Crippen MR) is 74.0 cm³/mol. The lowest BCUT2D eigenvalue weighted by Gasteiger charge is -2.32. The molecule has 0 aromatic carbocycles. The Balaban J connectivity index is 1.78. The van der Waals surface area contributed by atoms with E-state index in [4.69, 9.17) is 0 Å². The van der Waals surface area contributed by atoms with E-state index in [9.17, 15) is 0 Å². The van der Waals surface area contributed by atoms with E-state index < -0.39 is 0 Å². The van der Waals surface area contributed by atoms with Crippen LogP contribution < -0.4 is 4.90 Å². The molecule has 0 amide bonds. The zero-order valence-electron chi connectivity index (χ0n) is 11.3. The first-order valence-corrected chi connectivity index (χ1v) is 7.24. The highest BCUT2D eigenvalue weighted by molar-refractivity contribution is 5.86. The van der Waals surface area contributed by atoms with Crippen LogP contribution in [0.4, 0.5) is 5.82 Å². The lowest BCUT2D eigenvalue weighted by atomic mass is 9.85. The van der Waals surface area contributed by atoms with Gasteiger partial charge in [-0.3, -0.25) is 4.68 Å². The first-order chi connectivity index (χ1) is 9.34. The van der Waals surface area contributed by atoms with E-state index in [2.05, 4.69) is 20.0 Å². The van der Waals surface area contributed by atoms with E-state index in [1.807, 2.05) is 17.9 Å². The van der Waals surface area contributed by atoms with Crippen molar-refractivity contribution in [2.24, 2.45) is 13.0 Å². The second kappa shape index (κ2) is 4.18. The number of fused-ring (bicyclic) bond motifs is 2. The van der Waals surface area contributed by atoms with Gasteiger partial charge in [0.15, 0.2) is 5.65 Å². The van der Waals surface area contributed by atoms with E-state index >= 15 is 0 Å². The minimum Gasteiger partial charge on any atom is -0.353 e. The summed E-state index contributed by atoms with van der Waals surface area (Å²) in [6.45, 7) is 1.14. The van der Waals surface area contributed by atoms with Crippen LogP contribution in [0, 0.1) is 5.92 Å². The molecule has 2 aliphatic rings. The maximum Gasteiger partial charge on any atom is 0.163 e. The zero-order chi connectivity index (χ0) is 12.8. The SMILES string of the molecule is Cn1ncc2c(N3CC[C@H]4CCCC[C@@H]43)ncnc21. The van der Waals surface area contributed by atoms with Gasteiger partial charge in [0.1, 0.15) is 12.1 Å². The molecule has 0 bridgehead atoms. The molecule has 3 heterocycles. The second-order valence-corrected chi connectivity index (χ2v) is 5.80. The van der Waals surface area contributed by atoms with E-state index in [1.165, 1.54) is 32.1 Å². The molecule has 2 aromatic rings. The minimum atomic E-state index is 0.687. The van der Waals surface area contributed by atoms with Crippen molar-refractivity contribution in [3.63, 3.8) is 0 Å². The summed E-state index contributed by atoms with van der Waals surface area (Å²) in [5, 5.41) is 5.41. The summed E-state index contributed by atoms with van der Waals surface area (Å²) in [5.74, 6) is 1.96. The van der Waals surface area contributed by atoms with Gasteiger partial charge in [0, 0.05) is 19.6 Å². The molecule has 0 radical (unpaired) electrons. The molecular formula is C14H19N5. The van der Waals surface area contributed by atoms with E-state index in [-0.39, 0.29) is 0 Å². The molecule has 5 heteroatoms. The van der Waals surface area contributed by atoms with Crippen LogP contribution in [-0.2, 0) is 7.05 Å². The van der Waals surface area contributed by atoms with Crippen molar-refractivity contribution in [1.29, 1.82) is 0 Å². The van der Waals surface area contributed by atoms with Crippen molar-refractivity contribution in [3.8, 4) is 0 Å². The second-order valence-electron chi connectivity index (χ2n) is 5.80. The molecule has 0 N–H and O–H groups in total.